The van der Waals surface area contributed by atoms with E-state index in [-0.39, 0.29) is 12.3 Å². The number of hydrogen-bond acceptors (Lipinski definition) is 3. The van der Waals surface area contributed by atoms with E-state index >= 15 is 0 Å². The van der Waals surface area contributed by atoms with Gasteiger partial charge in [-0.25, -0.2) is 4.79 Å². The molecule has 0 N–H and O–H groups in total. The van der Waals surface area contributed by atoms with Crippen LogP contribution in [0.25, 0.3) is 0 Å². The van der Waals surface area contributed by atoms with Crippen molar-refractivity contribution in [1.29, 1.82) is 0 Å². The molecule has 4 nitrogen and oxygen atoms in total. The van der Waals surface area contributed by atoms with Crippen molar-refractivity contribution in [2.45, 2.75) is 65.7 Å². The maximum Gasteiger partial charge on any atom is 0.412 e. The van der Waals surface area contributed by atoms with Crippen LogP contribution < -0.4 is 0 Å². The molecule has 0 fully saturated rings. The lowest BCUT2D eigenvalue weighted by molar-refractivity contribution is -0.0201. The summed E-state index contributed by atoms with van der Waals surface area (Å²) in [6.45, 7) is 14.3. The van der Waals surface area contributed by atoms with Crippen LogP contribution in [0, 0.1) is 0 Å². The largest absolute Gasteiger partial charge is 0.444 e. The lowest BCUT2D eigenvalue weighted by atomic mass is 10.2. The first-order valence-corrected chi connectivity index (χ1v) is 11.1. The van der Waals surface area contributed by atoms with Crippen molar-refractivity contribution in [3.63, 3.8) is 0 Å². The van der Waals surface area contributed by atoms with Crippen molar-refractivity contribution in [2.75, 3.05) is 0 Å². The molecule has 1 aromatic rings. The van der Waals surface area contributed by atoms with Crippen molar-refractivity contribution < 1.29 is 14.0 Å². The van der Waals surface area contributed by atoms with Crippen molar-refractivity contribution >= 4 is 14.4 Å². The summed E-state index contributed by atoms with van der Waals surface area (Å²) < 4.78 is 11.6. The Bertz CT molecular complexity index is 477. The highest BCUT2D eigenvalue weighted by Gasteiger charge is 2.29. The number of nitrogens with zero attached hydrogens (tertiary/aromatic N) is 1. The Labute approximate surface area is 135 Å². The average Bonchev–Trinajstić information content (AvgIpc) is 2.32. The van der Waals surface area contributed by atoms with Crippen molar-refractivity contribution in [3.05, 3.63) is 35.9 Å². The normalized spacial score (nSPS) is 13.6. The van der Waals surface area contributed by atoms with Gasteiger partial charge in [-0.1, -0.05) is 30.3 Å². The van der Waals surface area contributed by atoms with Gasteiger partial charge in [-0.2, -0.15) is 0 Å². The van der Waals surface area contributed by atoms with Crippen LogP contribution in [0.2, 0.25) is 19.6 Å². The van der Waals surface area contributed by atoms with Gasteiger partial charge in [0.05, 0.1) is 6.54 Å². The zero-order valence-electron chi connectivity index (χ0n) is 14.8. The Balaban J connectivity index is 2.91. The van der Waals surface area contributed by atoms with Gasteiger partial charge in [0.15, 0.2) is 8.32 Å². The summed E-state index contributed by atoms with van der Waals surface area (Å²) in [6.07, 6.45) is -0.663. The zero-order valence-corrected chi connectivity index (χ0v) is 15.8. The molecule has 0 radical (unpaired) electrons. The average molecular weight is 324 g/mol. The molecule has 1 aromatic carbocycles. The highest BCUT2D eigenvalue weighted by atomic mass is 28.4. The fraction of sp³-hybridized carbons (Fsp3) is 0.588. The van der Waals surface area contributed by atoms with E-state index in [1.165, 1.54) is 0 Å². The molecule has 1 rings (SSSR count). The van der Waals surface area contributed by atoms with E-state index in [0.717, 1.165) is 5.56 Å². The third kappa shape index (κ3) is 7.09. The third-order valence-electron chi connectivity index (χ3n) is 2.79. The molecule has 0 aromatic heterocycles. The van der Waals surface area contributed by atoms with Gasteiger partial charge in [-0.3, -0.25) is 4.90 Å². The fourth-order valence-electron chi connectivity index (χ4n) is 2.02. The summed E-state index contributed by atoms with van der Waals surface area (Å²) in [5.41, 5.74) is 0.532. The van der Waals surface area contributed by atoms with Crippen molar-refractivity contribution in [1.82, 2.24) is 4.90 Å². The standard InChI is InChI=1S/C17H29NO3Si/c1-14(21-22(5,6)7)18(16(19)20-17(2,3)4)13-15-11-9-8-10-12-15/h8-12,14H,13H2,1-7H3. The van der Waals surface area contributed by atoms with Crippen LogP contribution in [0.5, 0.6) is 0 Å². The first kappa shape index (κ1) is 18.7. The molecule has 0 aliphatic heterocycles. The van der Waals surface area contributed by atoms with Gasteiger partial charge in [0.1, 0.15) is 11.8 Å². The minimum Gasteiger partial charge on any atom is -0.444 e. The molecule has 0 aliphatic carbocycles. The Morgan fingerprint density at radius 2 is 1.73 bits per heavy atom. The molecule has 0 aliphatic rings. The molecular formula is C17H29NO3Si. The van der Waals surface area contributed by atoms with E-state index in [9.17, 15) is 4.79 Å². The molecule has 0 saturated carbocycles. The lowest BCUT2D eigenvalue weighted by Crippen LogP contribution is -2.46. The SMILES string of the molecule is CC(O[Si](C)(C)C)N(Cc1ccccc1)C(=O)OC(C)(C)C. The van der Waals surface area contributed by atoms with Crippen molar-refractivity contribution in [2.24, 2.45) is 0 Å². The molecule has 0 heterocycles. The van der Waals surface area contributed by atoms with E-state index < -0.39 is 13.9 Å². The number of carbonyl (C=O) groups excluding carboxylic acids is 1. The number of carbonyl (C=O) groups is 1. The van der Waals surface area contributed by atoms with Crippen LogP contribution in [0.1, 0.15) is 33.3 Å². The molecule has 0 spiro atoms. The number of hydrogen-bond donors (Lipinski definition) is 0. The minimum atomic E-state index is -1.75. The van der Waals surface area contributed by atoms with E-state index in [4.69, 9.17) is 9.16 Å². The molecule has 0 saturated heterocycles. The van der Waals surface area contributed by atoms with Gasteiger partial charge in [0.25, 0.3) is 0 Å². The molecule has 1 unspecified atom stereocenters. The third-order valence-corrected chi connectivity index (χ3v) is 3.83. The van der Waals surface area contributed by atoms with Gasteiger partial charge in [0, 0.05) is 0 Å². The van der Waals surface area contributed by atoms with Crippen LogP contribution in [0.3, 0.4) is 0 Å². The molecule has 5 heteroatoms. The second-order valence-corrected chi connectivity index (χ2v) is 11.9. The topological polar surface area (TPSA) is 38.8 Å². The summed E-state index contributed by atoms with van der Waals surface area (Å²) in [4.78, 5) is 14.2. The van der Waals surface area contributed by atoms with E-state index in [0.29, 0.717) is 6.54 Å². The second kappa shape index (κ2) is 7.29. The maximum absolute atomic E-state index is 12.5. The molecule has 0 bridgehead atoms. The predicted molar refractivity (Wildman–Crippen MR) is 92.1 cm³/mol. The van der Waals surface area contributed by atoms with E-state index in [1.54, 1.807) is 4.90 Å². The van der Waals surface area contributed by atoms with Gasteiger partial charge in [-0.15, -0.1) is 0 Å². The van der Waals surface area contributed by atoms with E-state index in [1.807, 2.05) is 58.0 Å². The van der Waals surface area contributed by atoms with Crippen LogP contribution in [0.4, 0.5) is 4.79 Å². The number of rotatable bonds is 5. The molecule has 1 amide bonds. The van der Waals surface area contributed by atoms with Gasteiger partial charge in [0.2, 0.25) is 0 Å². The van der Waals surface area contributed by atoms with E-state index in [2.05, 4.69) is 19.6 Å². The van der Waals surface area contributed by atoms with Crippen LogP contribution >= 0.6 is 0 Å². The Morgan fingerprint density at radius 3 is 2.18 bits per heavy atom. The molecular weight excluding hydrogens is 294 g/mol. The fourth-order valence-corrected chi connectivity index (χ4v) is 3.17. The van der Waals surface area contributed by atoms with Crippen LogP contribution in [-0.2, 0) is 15.7 Å². The van der Waals surface area contributed by atoms with Crippen molar-refractivity contribution in [3.8, 4) is 0 Å². The second-order valence-electron chi connectivity index (χ2n) is 7.42. The monoisotopic (exact) mass is 323 g/mol. The molecule has 22 heavy (non-hydrogen) atoms. The molecule has 124 valence electrons. The quantitative estimate of drug-likeness (QED) is 0.586. The Morgan fingerprint density at radius 1 is 1.18 bits per heavy atom. The summed E-state index contributed by atoms with van der Waals surface area (Å²) in [7, 11) is -1.75. The van der Waals surface area contributed by atoms with Crippen LogP contribution in [0.15, 0.2) is 30.3 Å². The first-order valence-electron chi connectivity index (χ1n) is 7.69. The first-order chi connectivity index (χ1) is 9.98. The van der Waals surface area contributed by atoms with Gasteiger partial charge in [-0.05, 0) is 52.9 Å². The predicted octanol–water partition coefficient (Wildman–Crippen LogP) is 4.62. The maximum atomic E-state index is 12.5. The summed E-state index contributed by atoms with van der Waals surface area (Å²) >= 11 is 0. The summed E-state index contributed by atoms with van der Waals surface area (Å²) in [5, 5.41) is 0. The van der Waals surface area contributed by atoms with Crippen LogP contribution in [-0.4, -0.2) is 31.1 Å². The Kier molecular flexibility index (Phi) is 6.20. The Hall–Kier alpha value is -1.33. The lowest BCUT2D eigenvalue weighted by Gasteiger charge is -2.34. The summed E-state index contributed by atoms with van der Waals surface area (Å²) in [5.74, 6) is 0. The highest BCUT2D eigenvalue weighted by Crippen LogP contribution is 2.18. The molecule has 1 atom stereocenters. The zero-order chi connectivity index (χ0) is 17.0. The minimum absolute atomic E-state index is 0.318. The summed E-state index contributed by atoms with van der Waals surface area (Å²) in [6, 6.07) is 9.89. The number of amides is 1. The van der Waals surface area contributed by atoms with Gasteiger partial charge >= 0.3 is 6.09 Å². The smallest absolute Gasteiger partial charge is 0.412 e. The number of ether oxygens (including phenoxy) is 1. The number of benzene rings is 1. The van der Waals surface area contributed by atoms with Gasteiger partial charge < -0.3 is 9.16 Å². The highest BCUT2D eigenvalue weighted by molar-refractivity contribution is 6.69.